The van der Waals surface area contributed by atoms with Crippen LogP contribution in [-0.2, 0) is 9.53 Å². The smallest absolute Gasteiger partial charge is 0.237 e. The van der Waals surface area contributed by atoms with Crippen molar-refractivity contribution in [2.45, 2.75) is 57.7 Å². The summed E-state index contributed by atoms with van der Waals surface area (Å²) >= 11 is 0. The Bertz CT molecular complexity index is 311. The Morgan fingerprint density at radius 2 is 2.12 bits per heavy atom. The van der Waals surface area contributed by atoms with Gasteiger partial charge in [-0.15, -0.1) is 0 Å². The van der Waals surface area contributed by atoms with Crippen LogP contribution in [0.5, 0.6) is 0 Å². The molecule has 1 aliphatic heterocycles. The van der Waals surface area contributed by atoms with Gasteiger partial charge in [0.15, 0.2) is 0 Å². The van der Waals surface area contributed by atoms with Crippen LogP contribution < -0.4 is 10.6 Å². The molecule has 2 fully saturated rings. The minimum atomic E-state index is -0.117. The van der Waals surface area contributed by atoms with Gasteiger partial charge in [-0.3, -0.25) is 4.79 Å². The van der Waals surface area contributed by atoms with Crippen molar-refractivity contribution in [1.29, 1.82) is 0 Å². The fraction of sp³-hybridized carbons (Fsp3) is 0.923. The summed E-state index contributed by atoms with van der Waals surface area (Å²) in [7, 11) is 1.75. The first-order chi connectivity index (χ1) is 7.90. The number of rotatable bonds is 3. The maximum absolute atomic E-state index is 12.0. The van der Waals surface area contributed by atoms with Crippen molar-refractivity contribution >= 4 is 5.91 Å². The second kappa shape index (κ2) is 4.25. The number of nitrogens with one attached hydrogen (secondary N) is 2. The second-order valence-electron chi connectivity index (χ2n) is 6.07. The molecule has 0 aromatic carbocycles. The molecule has 1 saturated carbocycles. The molecule has 1 amide bonds. The van der Waals surface area contributed by atoms with Crippen molar-refractivity contribution in [2.24, 2.45) is 5.41 Å². The monoisotopic (exact) mass is 240 g/mol. The summed E-state index contributed by atoms with van der Waals surface area (Å²) in [5.41, 5.74) is -0.121. The molecule has 98 valence electrons. The molecule has 4 heteroatoms. The molecule has 1 aliphatic carbocycles. The normalized spacial score (nSPS) is 39.8. The maximum Gasteiger partial charge on any atom is 0.237 e. The Kier molecular flexibility index (Phi) is 3.21. The Labute approximate surface area is 103 Å². The van der Waals surface area contributed by atoms with Gasteiger partial charge in [-0.05, 0) is 32.7 Å². The molecule has 17 heavy (non-hydrogen) atoms. The minimum absolute atomic E-state index is 0.00395. The Morgan fingerprint density at radius 3 is 2.59 bits per heavy atom. The number of hydrogen-bond donors (Lipinski definition) is 2. The summed E-state index contributed by atoms with van der Waals surface area (Å²) in [6, 6.07) is 0.238. The summed E-state index contributed by atoms with van der Waals surface area (Å²) < 4.78 is 5.56. The maximum atomic E-state index is 12.0. The lowest BCUT2D eigenvalue weighted by Crippen LogP contribution is -2.69. The van der Waals surface area contributed by atoms with E-state index >= 15 is 0 Å². The molecule has 0 unspecified atom stereocenters. The third-order valence-electron chi connectivity index (χ3n) is 4.97. The van der Waals surface area contributed by atoms with Crippen LogP contribution >= 0.6 is 0 Å². The molecule has 1 heterocycles. The summed E-state index contributed by atoms with van der Waals surface area (Å²) in [6.45, 7) is 7.39. The largest absolute Gasteiger partial charge is 0.378 e. The Balaban J connectivity index is 1.91. The van der Waals surface area contributed by atoms with E-state index in [-0.39, 0.29) is 29.0 Å². The van der Waals surface area contributed by atoms with Crippen LogP contribution in [0.15, 0.2) is 0 Å². The Morgan fingerprint density at radius 1 is 1.41 bits per heavy atom. The summed E-state index contributed by atoms with van der Waals surface area (Å²) in [5.74, 6) is 0.152. The van der Waals surface area contributed by atoms with Gasteiger partial charge >= 0.3 is 0 Å². The summed E-state index contributed by atoms with van der Waals surface area (Å²) in [4.78, 5) is 12.0. The molecule has 0 aromatic rings. The predicted octanol–water partition coefficient (Wildman–Crippen LogP) is 1.06. The van der Waals surface area contributed by atoms with Gasteiger partial charge in [0.25, 0.3) is 0 Å². The highest BCUT2D eigenvalue weighted by atomic mass is 16.5. The highest BCUT2D eigenvalue weighted by Crippen LogP contribution is 2.51. The van der Waals surface area contributed by atoms with Crippen LogP contribution in [0, 0.1) is 5.41 Å². The number of methoxy groups -OCH3 is 1. The van der Waals surface area contributed by atoms with E-state index in [0.717, 1.165) is 25.8 Å². The van der Waals surface area contributed by atoms with E-state index in [1.807, 2.05) is 0 Å². The average molecular weight is 240 g/mol. The zero-order chi connectivity index (χ0) is 12.7. The third-order valence-corrected chi connectivity index (χ3v) is 4.97. The highest BCUT2D eigenvalue weighted by Gasteiger charge is 2.58. The second-order valence-corrected chi connectivity index (χ2v) is 6.07. The van der Waals surface area contributed by atoms with Gasteiger partial charge < -0.3 is 15.4 Å². The molecule has 4 nitrogen and oxygen atoms in total. The molecule has 2 N–H and O–H groups in total. The van der Waals surface area contributed by atoms with Gasteiger partial charge in [-0.25, -0.2) is 0 Å². The lowest BCUT2D eigenvalue weighted by Gasteiger charge is -2.59. The number of ether oxygens (including phenoxy) is 1. The lowest BCUT2D eigenvalue weighted by atomic mass is 9.56. The van der Waals surface area contributed by atoms with Gasteiger partial charge in [-0.1, -0.05) is 13.8 Å². The van der Waals surface area contributed by atoms with Crippen LogP contribution in [0.3, 0.4) is 0 Å². The van der Waals surface area contributed by atoms with Crippen LogP contribution in [0.4, 0.5) is 0 Å². The zero-order valence-electron chi connectivity index (χ0n) is 11.3. The van der Waals surface area contributed by atoms with Crippen molar-refractivity contribution in [1.82, 2.24) is 10.6 Å². The molecule has 0 spiro atoms. The molecule has 2 rings (SSSR count). The molecular formula is C13H24N2O2. The fourth-order valence-corrected chi connectivity index (χ4v) is 2.90. The van der Waals surface area contributed by atoms with Gasteiger partial charge in [0.2, 0.25) is 5.91 Å². The van der Waals surface area contributed by atoms with Crippen molar-refractivity contribution in [3.05, 3.63) is 0 Å². The van der Waals surface area contributed by atoms with Gasteiger partial charge in [0, 0.05) is 18.6 Å². The summed E-state index contributed by atoms with van der Waals surface area (Å²) in [6.07, 6.45) is 2.96. The van der Waals surface area contributed by atoms with E-state index in [9.17, 15) is 4.79 Å². The number of amides is 1. The van der Waals surface area contributed by atoms with Crippen molar-refractivity contribution in [3.8, 4) is 0 Å². The molecule has 0 radical (unpaired) electrons. The van der Waals surface area contributed by atoms with E-state index in [0.29, 0.717) is 0 Å². The molecular weight excluding hydrogens is 216 g/mol. The van der Waals surface area contributed by atoms with Crippen molar-refractivity contribution < 1.29 is 9.53 Å². The molecule has 3 atom stereocenters. The van der Waals surface area contributed by atoms with E-state index in [2.05, 4.69) is 31.4 Å². The highest BCUT2D eigenvalue weighted by molar-refractivity contribution is 5.82. The van der Waals surface area contributed by atoms with E-state index in [1.165, 1.54) is 0 Å². The van der Waals surface area contributed by atoms with Gasteiger partial charge in [0.1, 0.15) is 0 Å². The van der Waals surface area contributed by atoms with E-state index in [1.54, 1.807) is 7.11 Å². The average Bonchev–Trinajstić information content (AvgIpc) is 2.81. The predicted molar refractivity (Wildman–Crippen MR) is 66.8 cm³/mol. The quantitative estimate of drug-likeness (QED) is 0.775. The fourth-order valence-electron chi connectivity index (χ4n) is 2.90. The first-order valence-corrected chi connectivity index (χ1v) is 6.49. The molecule has 1 saturated heterocycles. The van der Waals surface area contributed by atoms with Crippen LogP contribution in [0.1, 0.15) is 40.0 Å². The van der Waals surface area contributed by atoms with E-state index in [4.69, 9.17) is 4.74 Å². The SMILES string of the molecule is CO[C@]1(C)C[C@H](NC(=O)[C@H]2CCCN2)C1(C)C. The van der Waals surface area contributed by atoms with Gasteiger partial charge in [0.05, 0.1) is 11.6 Å². The number of carbonyl (C=O) groups is 1. The molecule has 0 aromatic heterocycles. The number of hydrogen-bond acceptors (Lipinski definition) is 3. The van der Waals surface area contributed by atoms with Crippen LogP contribution in [0.2, 0.25) is 0 Å². The molecule has 2 aliphatic rings. The van der Waals surface area contributed by atoms with E-state index < -0.39 is 0 Å². The number of carbonyl (C=O) groups excluding carboxylic acids is 1. The first-order valence-electron chi connectivity index (χ1n) is 6.49. The minimum Gasteiger partial charge on any atom is -0.378 e. The standard InChI is InChI=1S/C13H24N2O2/c1-12(2)10(8-13(12,3)17-4)15-11(16)9-6-5-7-14-9/h9-10,14H,5-8H2,1-4H3,(H,15,16)/t9-,10+,13-/m1/s1. The summed E-state index contributed by atoms with van der Waals surface area (Å²) in [5, 5.41) is 6.39. The Hall–Kier alpha value is -0.610. The first kappa shape index (κ1) is 12.8. The van der Waals surface area contributed by atoms with Crippen molar-refractivity contribution in [2.75, 3.05) is 13.7 Å². The van der Waals surface area contributed by atoms with Crippen LogP contribution in [0.25, 0.3) is 0 Å². The third kappa shape index (κ3) is 1.97. The van der Waals surface area contributed by atoms with Crippen LogP contribution in [-0.4, -0.2) is 37.2 Å². The molecule has 0 bridgehead atoms. The topological polar surface area (TPSA) is 50.4 Å². The lowest BCUT2D eigenvalue weighted by molar-refractivity contribution is -0.182. The van der Waals surface area contributed by atoms with Crippen molar-refractivity contribution in [3.63, 3.8) is 0 Å². The zero-order valence-corrected chi connectivity index (χ0v) is 11.3. The van der Waals surface area contributed by atoms with Gasteiger partial charge in [-0.2, -0.15) is 0 Å².